The fraction of sp³-hybridized carbons (Fsp3) is 0.625. The molecule has 1 nitrogen and oxygen atoms in total. The third kappa shape index (κ3) is 5.68. The molecule has 0 aliphatic heterocycles. The summed E-state index contributed by atoms with van der Waals surface area (Å²) < 4.78 is 26.3. The Balaban J connectivity index is 2.63. The van der Waals surface area contributed by atoms with E-state index in [0.717, 1.165) is 31.4 Å². The van der Waals surface area contributed by atoms with Crippen molar-refractivity contribution in [1.82, 2.24) is 5.32 Å². The first kappa shape index (κ1) is 16.1. The van der Waals surface area contributed by atoms with Crippen LogP contribution in [0.3, 0.4) is 0 Å². The van der Waals surface area contributed by atoms with E-state index in [1.807, 2.05) is 0 Å². The van der Waals surface area contributed by atoms with Gasteiger partial charge in [-0.1, -0.05) is 45.6 Å². The minimum Gasteiger partial charge on any atom is -0.310 e. The van der Waals surface area contributed by atoms with Crippen LogP contribution in [0, 0.1) is 11.6 Å². The Kier molecular flexibility index (Phi) is 7.65. The van der Waals surface area contributed by atoms with Crippen LogP contribution in [0.5, 0.6) is 0 Å². The van der Waals surface area contributed by atoms with Crippen molar-refractivity contribution in [3.8, 4) is 0 Å². The molecule has 0 spiro atoms. The van der Waals surface area contributed by atoms with Gasteiger partial charge in [0.05, 0.1) is 0 Å². The Morgan fingerprint density at radius 3 is 2.42 bits per heavy atom. The summed E-state index contributed by atoms with van der Waals surface area (Å²) in [6, 6.07) is 4.36. The van der Waals surface area contributed by atoms with Crippen molar-refractivity contribution in [2.24, 2.45) is 0 Å². The molecular formula is C16H25F2N. The molecule has 0 aliphatic carbocycles. The van der Waals surface area contributed by atoms with E-state index in [2.05, 4.69) is 19.2 Å². The van der Waals surface area contributed by atoms with Gasteiger partial charge in [0.15, 0.2) is 11.6 Å². The van der Waals surface area contributed by atoms with Crippen molar-refractivity contribution in [1.29, 1.82) is 0 Å². The molecular weight excluding hydrogens is 244 g/mol. The van der Waals surface area contributed by atoms with Crippen LogP contribution in [0.4, 0.5) is 8.78 Å². The van der Waals surface area contributed by atoms with E-state index in [1.165, 1.54) is 31.4 Å². The van der Waals surface area contributed by atoms with Crippen LogP contribution < -0.4 is 5.32 Å². The molecule has 0 radical (unpaired) electrons. The molecule has 0 fully saturated rings. The number of unbranched alkanes of at least 4 members (excludes halogenated alkanes) is 3. The minimum atomic E-state index is -0.774. The molecule has 0 bridgehead atoms. The fourth-order valence-corrected chi connectivity index (χ4v) is 2.21. The highest BCUT2D eigenvalue weighted by Gasteiger charge is 2.12. The zero-order chi connectivity index (χ0) is 14.1. The number of nitrogens with one attached hydrogen (secondary N) is 1. The number of benzene rings is 1. The summed E-state index contributed by atoms with van der Waals surface area (Å²) in [7, 11) is 0. The third-order valence-electron chi connectivity index (χ3n) is 3.33. The van der Waals surface area contributed by atoms with Gasteiger partial charge in [0.1, 0.15) is 0 Å². The average Bonchev–Trinajstić information content (AvgIpc) is 2.41. The van der Waals surface area contributed by atoms with Crippen LogP contribution in [0.2, 0.25) is 0 Å². The van der Waals surface area contributed by atoms with E-state index in [1.54, 1.807) is 6.07 Å². The predicted octanol–water partition coefficient (Wildman–Crippen LogP) is 4.98. The number of halogens is 2. The monoisotopic (exact) mass is 269 g/mol. The molecule has 1 aromatic carbocycles. The van der Waals surface area contributed by atoms with Gasteiger partial charge in [-0.3, -0.25) is 0 Å². The number of hydrogen-bond donors (Lipinski definition) is 1. The maximum Gasteiger partial charge on any atom is 0.159 e. The quantitative estimate of drug-likeness (QED) is 0.624. The van der Waals surface area contributed by atoms with Gasteiger partial charge in [-0.15, -0.1) is 0 Å². The van der Waals surface area contributed by atoms with Gasteiger partial charge in [0.2, 0.25) is 0 Å². The average molecular weight is 269 g/mol. The van der Waals surface area contributed by atoms with E-state index in [9.17, 15) is 8.78 Å². The zero-order valence-corrected chi connectivity index (χ0v) is 12.0. The van der Waals surface area contributed by atoms with Crippen LogP contribution in [0.15, 0.2) is 18.2 Å². The molecule has 0 amide bonds. The van der Waals surface area contributed by atoms with Crippen molar-refractivity contribution in [3.63, 3.8) is 0 Å². The Hall–Kier alpha value is -0.960. The predicted molar refractivity (Wildman–Crippen MR) is 76.2 cm³/mol. The summed E-state index contributed by atoms with van der Waals surface area (Å²) in [5.41, 5.74) is 0.851. The fourth-order valence-electron chi connectivity index (χ4n) is 2.21. The zero-order valence-electron chi connectivity index (χ0n) is 12.0. The molecule has 19 heavy (non-hydrogen) atoms. The van der Waals surface area contributed by atoms with Gasteiger partial charge in [-0.05, 0) is 37.1 Å². The van der Waals surface area contributed by atoms with Gasteiger partial charge < -0.3 is 5.32 Å². The van der Waals surface area contributed by atoms with Gasteiger partial charge in [-0.2, -0.15) is 0 Å². The van der Waals surface area contributed by atoms with Gasteiger partial charge >= 0.3 is 0 Å². The van der Waals surface area contributed by atoms with Crippen molar-refractivity contribution in [2.45, 2.75) is 58.4 Å². The van der Waals surface area contributed by atoms with Gasteiger partial charge in [0, 0.05) is 6.04 Å². The SMILES string of the molecule is CCCCCCC(NCCC)c1ccc(F)c(F)c1. The minimum absolute atomic E-state index is 0.131. The molecule has 0 aromatic heterocycles. The normalized spacial score (nSPS) is 12.6. The molecule has 1 atom stereocenters. The highest BCUT2D eigenvalue weighted by Crippen LogP contribution is 2.22. The van der Waals surface area contributed by atoms with Crippen molar-refractivity contribution in [2.75, 3.05) is 6.54 Å². The van der Waals surface area contributed by atoms with Crippen LogP contribution in [0.1, 0.15) is 64.0 Å². The Labute approximate surface area is 115 Å². The molecule has 1 aromatic rings. The smallest absolute Gasteiger partial charge is 0.159 e. The summed E-state index contributed by atoms with van der Waals surface area (Å²) in [5, 5.41) is 3.42. The van der Waals surface area contributed by atoms with Crippen LogP contribution >= 0.6 is 0 Å². The molecule has 0 saturated heterocycles. The Morgan fingerprint density at radius 2 is 1.79 bits per heavy atom. The third-order valence-corrected chi connectivity index (χ3v) is 3.33. The first-order valence-corrected chi connectivity index (χ1v) is 7.37. The second-order valence-electron chi connectivity index (χ2n) is 5.03. The summed E-state index contributed by atoms with van der Waals surface area (Å²) in [4.78, 5) is 0. The molecule has 108 valence electrons. The van der Waals surface area contributed by atoms with Crippen molar-refractivity contribution >= 4 is 0 Å². The summed E-state index contributed by atoms with van der Waals surface area (Å²) in [5.74, 6) is -1.53. The standard InChI is InChI=1S/C16H25F2N/c1-3-5-6-7-8-16(19-11-4-2)13-9-10-14(17)15(18)12-13/h9-10,12,16,19H,3-8,11H2,1-2H3. The molecule has 1 N–H and O–H groups in total. The van der Waals surface area contributed by atoms with Crippen LogP contribution in [-0.2, 0) is 0 Å². The van der Waals surface area contributed by atoms with E-state index in [-0.39, 0.29) is 6.04 Å². The molecule has 0 heterocycles. The first-order chi connectivity index (χ1) is 9.19. The lowest BCUT2D eigenvalue weighted by Crippen LogP contribution is -2.22. The van der Waals surface area contributed by atoms with Crippen LogP contribution in [0.25, 0.3) is 0 Å². The van der Waals surface area contributed by atoms with E-state index >= 15 is 0 Å². The maximum atomic E-state index is 13.3. The second kappa shape index (κ2) is 9.03. The number of hydrogen-bond acceptors (Lipinski definition) is 1. The largest absolute Gasteiger partial charge is 0.310 e. The van der Waals surface area contributed by atoms with E-state index in [0.29, 0.717) is 0 Å². The van der Waals surface area contributed by atoms with E-state index in [4.69, 9.17) is 0 Å². The molecule has 1 rings (SSSR count). The maximum absolute atomic E-state index is 13.3. The molecule has 1 unspecified atom stereocenters. The van der Waals surface area contributed by atoms with Gasteiger partial charge in [0.25, 0.3) is 0 Å². The Bertz CT molecular complexity index is 366. The highest BCUT2D eigenvalue weighted by molar-refractivity contribution is 5.21. The topological polar surface area (TPSA) is 12.0 Å². The lowest BCUT2D eigenvalue weighted by molar-refractivity contribution is 0.461. The highest BCUT2D eigenvalue weighted by atomic mass is 19.2. The molecule has 0 saturated carbocycles. The Morgan fingerprint density at radius 1 is 1.00 bits per heavy atom. The van der Waals surface area contributed by atoms with E-state index < -0.39 is 11.6 Å². The second-order valence-corrected chi connectivity index (χ2v) is 5.03. The summed E-state index contributed by atoms with van der Waals surface area (Å²) >= 11 is 0. The lowest BCUT2D eigenvalue weighted by Gasteiger charge is -2.19. The lowest BCUT2D eigenvalue weighted by atomic mass is 9.99. The molecule has 0 aliphatic rings. The van der Waals surface area contributed by atoms with Crippen molar-refractivity contribution < 1.29 is 8.78 Å². The summed E-state index contributed by atoms with van der Waals surface area (Å²) in [6.45, 7) is 5.19. The molecule has 3 heteroatoms. The van der Waals surface area contributed by atoms with Crippen molar-refractivity contribution in [3.05, 3.63) is 35.4 Å². The number of rotatable bonds is 9. The summed E-state index contributed by atoms with van der Waals surface area (Å²) in [6.07, 6.45) is 6.77. The van der Waals surface area contributed by atoms with Crippen LogP contribution in [-0.4, -0.2) is 6.54 Å². The van der Waals surface area contributed by atoms with Gasteiger partial charge in [-0.25, -0.2) is 8.78 Å². The first-order valence-electron chi connectivity index (χ1n) is 7.37.